The SMILES string of the molecule is CCNC(=NCc1ccoc1)N1CCC(C)C(n2ccnc2)C1. The van der Waals surface area contributed by atoms with Crippen molar-refractivity contribution < 1.29 is 4.42 Å². The predicted octanol–water partition coefficient (Wildman–Crippen LogP) is 2.52. The van der Waals surface area contributed by atoms with Gasteiger partial charge in [0.05, 0.1) is 31.4 Å². The minimum Gasteiger partial charge on any atom is -0.472 e. The van der Waals surface area contributed by atoms with E-state index in [-0.39, 0.29) is 0 Å². The van der Waals surface area contributed by atoms with Gasteiger partial charge in [-0.05, 0) is 25.3 Å². The van der Waals surface area contributed by atoms with E-state index in [1.807, 2.05) is 18.6 Å². The van der Waals surface area contributed by atoms with Crippen molar-refractivity contribution in [1.29, 1.82) is 0 Å². The molecule has 3 rings (SSSR count). The quantitative estimate of drug-likeness (QED) is 0.696. The summed E-state index contributed by atoms with van der Waals surface area (Å²) in [4.78, 5) is 11.3. The number of aliphatic imine (C=N–C) groups is 1. The van der Waals surface area contributed by atoms with Gasteiger partial charge in [0.25, 0.3) is 0 Å². The van der Waals surface area contributed by atoms with E-state index in [1.165, 1.54) is 0 Å². The van der Waals surface area contributed by atoms with Gasteiger partial charge in [0.2, 0.25) is 0 Å². The molecule has 1 N–H and O–H groups in total. The Morgan fingerprint density at radius 1 is 1.52 bits per heavy atom. The second-order valence-electron chi connectivity index (χ2n) is 6.09. The number of hydrogen-bond donors (Lipinski definition) is 1. The highest BCUT2D eigenvalue weighted by Crippen LogP contribution is 2.27. The molecule has 1 aliphatic heterocycles. The van der Waals surface area contributed by atoms with E-state index in [9.17, 15) is 0 Å². The Morgan fingerprint density at radius 2 is 2.43 bits per heavy atom. The Balaban J connectivity index is 1.72. The fraction of sp³-hybridized carbons (Fsp3) is 0.529. The van der Waals surface area contributed by atoms with Crippen LogP contribution in [0.1, 0.15) is 31.9 Å². The van der Waals surface area contributed by atoms with Crippen molar-refractivity contribution in [2.75, 3.05) is 19.6 Å². The minimum atomic E-state index is 0.434. The van der Waals surface area contributed by atoms with Crippen LogP contribution >= 0.6 is 0 Å². The van der Waals surface area contributed by atoms with Crippen LogP contribution in [0.2, 0.25) is 0 Å². The van der Waals surface area contributed by atoms with Gasteiger partial charge in [0, 0.05) is 37.6 Å². The number of nitrogens with zero attached hydrogens (tertiary/aromatic N) is 4. The topological polar surface area (TPSA) is 58.6 Å². The number of piperidine rings is 1. The molecule has 2 unspecified atom stereocenters. The van der Waals surface area contributed by atoms with Gasteiger partial charge >= 0.3 is 0 Å². The first-order valence-electron chi connectivity index (χ1n) is 8.29. The van der Waals surface area contributed by atoms with Crippen LogP contribution in [0.25, 0.3) is 0 Å². The molecule has 0 spiro atoms. The van der Waals surface area contributed by atoms with Gasteiger partial charge in [-0.3, -0.25) is 0 Å². The van der Waals surface area contributed by atoms with Crippen molar-refractivity contribution >= 4 is 5.96 Å². The highest BCUT2D eigenvalue weighted by molar-refractivity contribution is 5.80. The second-order valence-corrected chi connectivity index (χ2v) is 6.09. The van der Waals surface area contributed by atoms with Crippen molar-refractivity contribution in [2.24, 2.45) is 10.9 Å². The molecule has 0 aromatic carbocycles. The number of guanidine groups is 1. The normalized spacial score (nSPS) is 22.3. The zero-order chi connectivity index (χ0) is 16.1. The Bertz CT molecular complexity index is 605. The largest absolute Gasteiger partial charge is 0.472 e. The first-order valence-corrected chi connectivity index (χ1v) is 8.29. The van der Waals surface area contributed by atoms with Gasteiger partial charge in [0.15, 0.2) is 5.96 Å². The zero-order valence-electron chi connectivity index (χ0n) is 13.9. The number of furan rings is 1. The maximum atomic E-state index is 5.12. The third kappa shape index (κ3) is 3.75. The van der Waals surface area contributed by atoms with Gasteiger partial charge in [-0.25, -0.2) is 9.98 Å². The summed E-state index contributed by atoms with van der Waals surface area (Å²) >= 11 is 0. The van der Waals surface area contributed by atoms with Crippen molar-refractivity contribution in [3.63, 3.8) is 0 Å². The van der Waals surface area contributed by atoms with Crippen LogP contribution in [0.3, 0.4) is 0 Å². The predicted molar refractivity (Wildman–Crippen MR) is 90.1 cm³/mol. The molecule has 0 amide bonds. The molecule has 2 atom stereocenters. The van der Waals surface area contributed by atoms with Crippen LogP contribution in [0.4, 0.5) is 0 Å². The molecule has 0 radical (unpaired) electrons. The van der Waals surface area contributed by atoms with E-state index < -0.39 is 0 Å². The summed E-state index contributed by atoms with van der Waals surface area (Å²) in [5.74, 6) is 1.61. The number of nitrogens with one attached hydrogen (secondary N) is 1. The lowest BCUT2D eigenvalue weighted by Gasteiger charge is -2.39. The molecule has 6 nitrogen and oxygen atoms in total. The Labute approximate surface area is 137 Å². The van der Waals surface area contributed by atoms with E-state index in [0.29, 0.717) is 18.5 Å². The molecule has 23 heavy (non-hydrogen) atoms. The summed E-state index contributed by atoms with van der Waals surface area (Å²) in [6.07, 6.45) is 10.4. The highest BCUT2D eigenvalue weighted by atomic mass is 16.3. The van der Waals surface area contributed by atoms with Crippen LogP contribution in [0.15, 0.2) is 46.7 Å². The third-order valence-electron chi connectivity index (χ3n) is 4.45. The van der Waals surface area contributed by atoms with Gasteiger partial charge < -0.3 is 19.2 Å². The summed E-state index contributed by atoms with van der Waals surface area (Å²) < 4.78 is 7.34. The number of likely N-dealkylation sites (tertiary alicyclic amines) is 1. The number of imidazole rings is 1. The van der Waals surface area contributed by atoms with E-state index in [1.54, 1.807) is 12.5 Å². The summed E-state index contributed by atoms with van der Waals surface area (Å²) in [5, 5.41) is 3.42. The average molecular weight is 315 g/mol. The van der Waals surface area contributed by atoms with Gasteiger partial charge in [-0.2, -0.15) is 0 Å². The Morgan fingerprint density at radius 3 is 3.13 bits per heavy atom. The summed E-state index contributed by atoms with van der Waals surface area (Å²) in [7, 11) is 0. The molecule has 1 saturated heterocycles. The van der Waals surface area contributed by atoms with E-state index in [2.05, 4.69) is 39.8 Å². The second kappa shape index (κ2) is 7.35. The number of rotatable bonds is 4. The molecule has 1 aliphatic rings. The molecule has 124 valence electrons. The van der Waals surface area contributed by atoms with Gasteiger partial charge in [-0.15, -0.1) is 0 Å². The first-order chi connectivity index (χ1) is 11.3. The highest BCUT2D eigenvalue weighted by Gasteiger charge is 2.28. The Hall–Kier alpha value is -2.24. The van der Waals surface area contributed by atoms with Crippen molar-refractivity contribution in [3.05, 3.63) is 42.9 Å². The van der Waals surface area contributed by atoms with Crippen LogP contribution in [0, 0.1) is 5.92 Å². The summed E-state index contributed by atoms with van der Waals surface area (Å²) in [6, 6.07) is 2.39. The van der Waals surface area contributed by atoms with E-state index in [0.717, 1.165) is 37.6 Å². The maximum Gasteiger partial charge on any atom is 0.194 e. The number of hydrogen-bond acceptors (Lipinski definition) is 3. The van der Waals surface area contributed by atoms with Crippen LogP contribution in [-0.2, 0) is 6.54 Å². The molecule has 0 aliphatic carbocycles. The smallest absolute Gasteiger partial charge is 0.194 e. The Kier molecular flexibility index (Phi) is 5.00. The first kappa shape index (κ1) is 15.6. The van der Waals surface area contributed by atoms with Crippen LogP contribution in [-0.4, -0.2) is 40.0 Å². The zero-order valence-corrected chi connectivity index (χ0v) is 13.9. The van der Waals surface area contributed by atoms with Crippen molar-refractivity contribution in [1.82, 2.24) is 19.8 Å². The molecule has 6 heteroatoms. The molecular formula is C17H25N5O. The van der Waals surface area contributed by atoms with Crippen molar-refractivity contribution in [2.45, 2.75) is 32.9 Å². The molecule has 0 bridgehead atoms. The molecular weight excluding hydrogens is 290 g/mol. The van der Waals surface area contributed by atoms with E-state index in [4.69, 9.17) is 9.41 Å². The molecule has 0 saturated carbocycles. The molecule has 2 aromatic heterocycles. The third-order valence-corrected chi connectivity index (χ3v) is 4.45. The van der Waals surface area contributed by atoms with Crippen molar-refractivity contribution in [3.8, 4) is 0 Å². The monoisotopic (exact) mass is 315 g/mol. The minimum absolute atomic E-state index is 0.434. The van der Waals surface area contributed by atoms with Gasteiger partial charge in [0.1, 0.15) is 0 Å². The fourth-order valence-electron chi connectivity index (χ4n) is 3.07. The molecule has 1 fully saturated rings. The fourth-order valence-corrected chi connectivity index (χ4v) is 3.07. The summed E-state index contributed by atoms with van der Waals surface area (Å²) in [5.41, 5.74) is 1.09. The van der Waals surface area contributed by atoms with Crippen LogP contribution < -0.4 is 5.32 Å². The number of aromatic nitrogens is 2. The maximum absolute atomic E-state index is 5.12. The summed E-state index contributed by atoms with van der Waals surface area (Å²) in [6.45, 7) is 7.91. The standard InChI is InChI=1S/C17H25N5O/c1-3-19-17(20-10-15-5-9-23-12-15)21-7-4-14(2)16(11-21)22-8-6-18-13-22/h5-6,8-9,12-14,16H,3-4,7,10-11H2,1-2H3,(H,19,20). The lowest BCUT2D eigenvalue weighted by atomic mass is 9.93. The average Bonchev–Trinajstić information content (AvgIpc) is 3.25. The van der Waals surface area contributed by atoms with Crippen LogP contribution in [0.5, 0.6) is 0 Å². The lowest BCUT2D eigenvalue weighted by Crippen LogP contribution is -2.49. The lowest BCUT2D eigenvalue weighted by molar-refractivity contribution is 0.189. The van der Waals surface area contributed by atoms with Gasteiger partial charge in [-0.1, -0.05) is 6.92 Å². The molecule has 3 heterocycles. The van der Waals surface area contributed by atoms with E-state index >= 15 is 0 Å². The molecule has 2 aromatic rings.